The number of amides is 2. The molecule has 0 bridgehead atoms. The second-order valence-electron chi connectivity index (χ2n) is 6.31. The maximum atomic E-state index is 13.3. The summed E-state index contributed by atoms with van der Waals surface area (Å²) >= 11 is 6.63. The van der Waals surface area contributed by atoms with Crippen LogP contribution in [0.25, 0.3) is 0 Å². The number of rotatable bonds is 5. The fourth-order valence-corrected chi connectivity index (χ4v) is 5.06. The molecule has 29 heavy (non-hydrogen) atoms. The topological polar surface area (TPSA) is 91.2 Å². The molecule has 1 heterocycles. The van der Waals surface area contributed by atoms with Crippen LogP contribution in [0.5, 0.6) is 5.75 Å². The Labute approximate surface area is 181 Å². The summed E-state index contributed by atoms with van der Waals surface area (Å²) in [5, 5.41) is 14.6. The Morgan fingerprint density at radius 1 is 1.38 bits per heavy atom. The smallest absolute Gasteiger partial charge is 0.471 e. The maximum Gasteiger partial charge on any atom is 0.471 e. The van der Waals surface area contributed by atoms with Crippen LogP contribution in [0.1, 0.15) is 24.3 Å². The summed E-state index contributed by atoms with van der Waals surface area (Å²) in [6.07, 6.45) is -4.11. The number of carbonyl (C=O) groups excluding carboxylic acids is 2. The minimum absolute atomic E-state index is 0.0595. The monoisotopic (exact) mass is 543 g/mol. The minimum Gasteiger partial charge on any atom is -0.496 e. The van der Waals surface area contributed by atoms with Crippen molar-refractivity contribution < 1.29 is 32.7 Å². The highest BCUT2D eigenvalue weighted by Crippen LogP contribution is 2.46. The molecule has 0 aliphatic carbocycles. The molecule has 2 atom stereocenters. The lowest BCUT2D eigenvalue weighted by molar-refractivity contribution is -0.190. The van der Waals surface area contributed by atoms with Crippen molar-refractivity contribution in [2.45, 2.75) is 30.5 Å². The highest BCUT2D eigenvalue weighted by atomic mass is 79.9. The molecule has 0 spiro atoms. The predicted octanol–water partition coefficient (Wildman–Crippen LogP) is 3.43. The maximum absolute atomic E-state index is 13.3. The number of benzene rings is 1. The molecule has 1 fully saturated rings. The Balaban J connectivity index is 2.77. The van der Waals surface area contributed by atoms with Crippen molar-refractivity contribution in [1.29, 1.82) is 0 Å². The quantitative estimate of drug-likeness (QED) is 0.337. The summed E-state index contributed by atoms with van der Waals surface area (Å²) in [5.74, 6) is -3.78. The van der Waals surface area contributed by atoms with Crippen LogP contribution >= 0.6 is 31.9 Å². The number of likely N-dealkylation sites (N-methyl/N-ethyl adjacent to an activating group) is 1. The van der Waals surface area contributed by atoms with Gasteiger partial charge in [0.05, 0.1) is 23.7 Å². The van der Waals surface area contributed by atoms with Crippen LogP contribution in [0.2, 0.25) is 0 Å². The number of likely N-dealkylation sites (tertiary alicyclic amines) is 1. The normalized spacial score (nSPS) is 20.7. The van der Waals surface area contributed by atoms with E-state index in [9.17, 15) is 28.0 Å². The molecule has 12 heteroatoms. The second-order valence-corrected chi connectivity index (χ2v) is 8.02. The van der Waals surface area contributed by atoms with E-state index in [2.05, 4.69) is 42.3 Å². The first kappa shape index (κ1) is 23.5. The molecule has 0 saturated carbocycles. The van der Waals surface area contributed by atoms with Crippen LogP contribution < -0.4 is 10.1 Å². The zero-order valence-corrected chi connectivity index (χ0v) is 18.6. The molecular weight excluding hydrogens is 527 g/mol. The lowest BCUT2D eigenvalue weighted by Crippen LogP contribution is -2.62. The highest BCUT2D eigenvalue weighted by Gasteiger charge is 2.59. The third-order valence-corrected chi connectivity index (χ3v) is 6.17. The van der Waals surface area contributed by atoms with Gasteiger partial charge in [-0.25, -0.2) is 0 Å². The van der Waals surface area contributed by atoms with Crippen LogP contribution in [0.3, 0.4) is 0 Å². The van der Waals surface area contributed by atoms with Crippen LogP contribution in [-0.4, -0.2) is 60.6 Å². The Hall–Kier alpha value is -1.82. The molecule has 2 N–H and O–H groups in total. The zero-order chi connectivity index (χ0) is 22.0. The molecule has 1 aromatic rings. The average molecular weight is 545 g/mol. The molecule has 1 saturated heterocycles. The summed E-state index contributed by atoms with van der Waals surface area (Å²) in [5.41, 5.74) is -1.64. The molecule has 2 rings (SSSR count). The number of hydrogen-bond acceptors (Lipinski definition) is 5. The van der Waals surface area contributed by atoms with Gasteiger partial charge >= 0.3 is 12.1 Å². The van der Waals surface area contributed by atoms with Gasteiger partial charge in [-0.15, -0.1) is 5.16 Å². The molecule has 1 aliphatic rings. The van der Waals surface area contributed by atoms with E-state index in [1.54, 1.807) is 6.07 Å². The first-order chi connectivity index (χ1) is 13.5. The summed E-state index contributed by atoms with van der Waals surface area (Å²) in [4.78, 5) is 25.6. The molecule has 1 aliphatic heterocycles. The first-order valence-corrected chi connectivity index (χ1v) is 9.94. The Morgan fingerprint density at radius 2 is 2.03 bits per heavy atom. The average Bonchev–Trinajstić information content (AvgIpc) is 3.10. The number of methoxy groups -OCH3 is 1. The molecule has 2 amide bonds. The number of ether oxygens (including phenoxy) is 1. The fraction of sp³-hybridized carbons (Fsp3) is 0.471. The number of nitrogens with one attached hydrogen (secondary N) is 1. The molecule has 0 radical (unpaired) electrons. The van der Waals surface area contributed by atoms with Gasteiger partial charge in [-0.2, -0.15) is 13.2 Å². The van der Waals surface area contributed by atoms with Gasteiger partial charge in [-0.05, 0) is 46.5 Å². The van der Waals surface area contributed by atoms with E-state index in [4.69, 9.17) is 4.74 Å². The number of carbonyl (C=O) groups is 2. The fourth-order valence-electron chi connectivity index (χ4n) is 3.66. The van der Waals surface area contributed by atoms with Gasteiger partial charge in [0.25, 0.3) is 0 Å². The zero-order valence-electron chi connectivity index (χ0n) is 15.4. The van der Waals surface area contributed by atoms with Crippen molar-refractivity contribution >= 4 is 49.9 Å². The summed E-state index contributed by atoms with van der Waals surface area (Å²) in [6, 6.07) is 3.09. The number of alkyl halides is 3. The molecule has 0 unspecified atom stereocenters. The van der Waals surface area contributed by atoms with Crippen LogP contribution in [0.15, 0.2) is 26.2 Å². The third kappa shape index (κ3) is 4.23. The van der Waals surface area contributed by atoms with E-state index in [0.717, 1.165) is 6.21 Å². The van der Waals surface area contributed by atoms with Crippen molar-refractivity contribution in [2.24, 2.45) is 5.16 Å². The SMILES string of the molecule is CNC(=O)[C@@]1([C@H](/C=N/O)c2cc(OC)c(Br)cc2Br)CCCN1C(=O)C(F)(F)F. The Morgan fingerprint density at radius 3 is 2.55 bits per heavy atom. The standard InChI is InChI=1S/C17H18Br2F3N3O4/c1-23-14(26)16(4-3-5-25(16)15(27)17(20,21)22)10(8-24-28)9-6-13(29-2)12(19)7-11(9)18/h6-8,10,28H,3-5H2,1-2H3,(H,23,26)/b24-8+/t10-,16+/m1/s1. The molecule has 7 nitrogen and oxygen atoms in total. The van der Waals surface area contributed by atoms with Gasteiger partial charge in [0.1, 0.15) is 11.3 Å². The van der Waals surface area contributed by atoms with E-state index in [0.29, 0.717) is 25.2 Å². The third-order valence-electron chi connectivity index (χ3n) is 4.87. The Bertz CT molecular complexity index is 835. The van der Waals surface area contributed by atoms with Crippen LogP contribution in [-0.2, 0) is 9.59 Å². The summed E-state index contributed by atoms with van der Waals surface area (Å²) in [6.45, 7) is -0.271. The number of oxime groups is 1. The summed E-state index contributed by atoms with van der Waals surface area (Å²) < 4.78 is 46.0. The van der Waals surface area contributed by atoms with E-state index in [-0.39, 0.29) is 19.4 Å². The van der Waals surface area contributed by atoms with Gasteiger partial charge in [0, 0.05) is 18.1 Å². The highest BCUT2D eigenvalue weighted by molar-refractivity contribution is 9.11. The number of hydrogen-bond donors (Lipinski definition) is 2. The van der Waals surface area contributed by atoms with Gasteiger partial charge in [0.15, 0.2) is 0 Å². The van der Waals surface area contributed by atoms with Crippen LogP contribution in [0.4, 0.5) is 13.2 Å². The number of nitrogens with zero attached hydrogens (tertiary/aromatic N) is 2. The van der Waals surface area contributed by atoms with Crippen molar-refractivity contribution in [3.8, 4) is 5.75 Å². The molecule has 1 aromatic carbocycles. The lowest BCUT2D eigenvalue weighted by Gasteiger charge is -2.41. The van der Waals surface area contributed by atoms with Gasteiger partial charge < -0.3 is 20.2 Å². The van der Waals surface area contributed by atoms with Crippen molar-refractivity contribution in [3.05, 3.63) is 26.6 Å². The van der Waals surface area contributed by atoms with E-state index >= 15 is 0 Å². The molecule has 0 aromatic heterocycles. The predicted molar refractivity (Wildman–Crippen MR) is 105 cm³/mol. The lowest BCUT2D eigenvalue weighted by atomic mass is 9.76. The van der Waals surface area contributed by atoms with Crippen molar-refractivity contribution in [1.82, 2.24) is 10.2 Å². The number of halogens is 5. The van der Waals surface area contributed by atoms with E-state index in [1.807, 2.05) is 0 Å². The van der Waals surface area contributed by atoms with E-state index in [1.165, 1.54) is 20.2 Å². The largest absolute Gasteiger partial charge is 0.496 e. The second kappa shape index (κ2) is 8.90. The molecule has 160 valence electrons. The summed E-state index contributed by atoms with van der Waals surface area (Å²) in [7, 11) is 2.67. The van der Waals surface area contributed by atoms with Crippen molar-refractivity contribution in [3.63, 3.8) is 0 Å². The van der Waals surface area contributed by atoms with Gasteiger partial charge in [-0.1, -0.05) is 15.9 Å². The molecular formula is C17H18Br2F3N3O4. The first-order valence-electron chi connectivity index (χ1n) is 8.36. The van der Waals surface area contributed by atoms with Crippen molar-refractivity contribution in [2.75, 3.05) is 20.7 Å². The Kier molecular flexibility index (Phi) is 7.20. The van der Waals surface area contributed by atoms with Gasteiger partial charge in [-0.3, -0.25) is 9.59 Å². The van der Waals surface area contributed by atoms with Crippen LogP contribution in [0, 0.1) is 0 Å². The minimum atomic E-state index is -5.17. The van der Waals surface area contributed by atoms with E-state index < -0.39 is 29.4 Å². The van der Waals surface area contributed by atoms with Gasteiger partial charge in [0.2, 0.25) is 5.91 Å².